The SMILES string of the molecule is Cc1c(C)c(C)c2c(c1C)c1c(C)c(C)c(C)c(C)c1n2-c1ccc(-c2nc(-c3ccccc3)cc(-c3ccccc3)n2)cc1-c1ccncc1-n1c2c(C)c(C)c(C)c(C)c2c2c(C)c(C)c(C)c(C)c21. The van der Waals surface area contributed by atoms with E-state index < -0.39 is 0 Å². The average molecular weight is 940 g/mol. The van der Waals surface area contributed by atoms with Crippen molar-refractivity contribution in [3.05, 3.63) is 192 Å². The summed E-state index contributed by atoms with van der Waals surface area (Å²) in [6.07, 6.45) is 4.08. The van der Waals surface area contributed by atoms with E-state index in [1.807, 2.05) is 6.20 Å². The zero-order valence-electron chi connectivity index (χ0n) is 45.1. The van der Waals surface area contributed by atoms with Crippen LogP contribution in [0.5, 0.6) is 0 Å². The Hall–Kier alpha value is -7.63. The topological polar surface area (TPSA) is 48.5 Å². The number of hydrogen-bond acceptors (Lipinski definition) is 3. The highest BCUT2D eigenvalue weighted by Crippen LogP contribution is 2.49. The van der Waals surface area contributed by atoms with Crippen LogP contribution < -0.4 is 0 Å². The number of pyridine rings is 1. The molecule has 0 spiro atoms. The first-order chi connectivity index (χ1) is 34.4. The Morgan fingerprint density at radius 2 is 0.667 bits per heavy atom. The second kappa shape index (κ2) is 17.0. The van der Waals surface area contributed by atoms with Gasteiger partial charge >= 0.3 is 0 Å². The molecule has 5 heteroatoms. The van der Waals surface area contributed by atoms with Gasteiger partial charge in [-0.2, -0.15) is 0 Å². The van der Waals surface area contributed by atoms with Gasteiger partial charge in [-0.25, -0.2) is 9.97 Å². The zero-order chi connectivity index (χ0) is 50.9. The van der Waals surface area contributed by atoms with E-state index in [-0.39, 0.29) is 0 Å². The molecule has 0 aliphatic heterocycles. The lowest BCUT2D eigenvalue weighted by molar-refractivity contribution is 1.10. The van der Waals surface area contributed by atoms with Crippen LogP contribution in [0.3, 0.4) is 0 Å². The van der Waals surface area contributed by atoms with E-state index in [4.69, 9.17) is 15.0 Å². The predicted molar refractivity (Wildman–Crippen MR) is 306 cm³/mol. The number of nitrogens with zero attached hydrogens (tertiary/aromatic N) is 5. The van der Waals surface area contributed by atoms with E-state index in [9.17, 15) is 0 Å². The highest BCUT2D eigenvalue weighted by atomic mass is 15.0. The van der Waals surface area contributed by atoms with Crippen molar-refractivity contribution in [1.29, 1.82) is 0 Å². The summed E-state index contributed by atoms with van der Waals surface area (Å²) in [5.74, 6) is 0.671. The van der Waals surface area contributed by atoms with Crippen LogP contribution in [-0.4, -0.2) is 24.1 Å². The van der Waals surface area contributed by atoms with Crippen molar-refractivity contribution in [2.45, 2.75) is 111 Å². The molecule has 0 unspecified atom stereocenters. The third kappa shape index (κ3) is 6.62. The summed E-state index contributed by atoms with van der Waals surface area (Å²) in [7, 11) is 0. The molecule has 0 radical (unpaired) electrons. The molecular formula is C67H65N5. The summed E-state index contributed by atoms with van der Waals surface area (Å²) in [5, 5.41) is 5.33. The van der Waals surface area contributed by atoms with Crippen LogP contribution in [0, 0.1) is 111 Å². The fourth-order valence-corrected chi connectivity index (χ4v) is 12.2. The molecule has 11 rings (SSSR count). The van der Waals surface area contributed by atoms with Gasteiger partial charge in [0.1, 0.15) is 0 Å². The Morgan fingerprint density at radius 1 is 0.306 bits per heavy atom. The molecule has 0 saturated carbocycles. The van der Waals surface area contributed by atoms with Gasteiger partial charge in [0, 0.05) is 55.6 Å². The van der Waals surface area contributed by atoms with Crippen molar-refractivity contribution in [2.75, 3.05) is 0 Å². The van der Waals surface area contributed by atoms with Gasteiger partial charge in [-0.1, -0.05) is 60.7 Å². The molecule has 358 valence electrons. The molecule has 0 atom stereocenters. The minimum absolute atomic E-state index is 0.671. The number of rotatable bonds is 6. The fourth-order valence-electron chi connectivity index (χ4n) is 12.2. The van der Waals surface area contributed by atoms with Crippen molar-refractivity contribution in [1.82, 2.24) is 24.1 Å². The second-order valence-corrected chi connectivity index (χ2v) is 20.9. The maximum absolute atomic E-state index is 5.42. The Balaban J connectivity index is 1.34. The molecule has 0 aliphatic carbocycles. The fraction of sp³-hybridized carbons (Fsp3) is 0.239. The van der Waals surface area contributed by atoms with Gasteiger partial charge in [0.05, 0.1) is 51.0 Å². The van der Waals surface area contributed by atoms with Gasteiger partial charge in [0.2, 0.25) is 0 Å². The van der Waals surface area contributed by atoms with Crippen LogP contribution in [0.2, 0.25) is 0 Å². The molecule has 0 fully saturated rings. The van der Waals surface area contributed by atoms with Gasteiger partial charge in [-0.15, -0.1) is 0 Å². The summed E-state index contributed by atoms with van der Waals surface area (Å²) >= 11 is 0. The van der Waals surface area contributed by atoms with Crippen molar-refractivity contribution < 1.29 is 0 Å². The van der Waals surface area contributed by atoms with Crippen molar-refractivity contribution in [3.63, 3.8) is 0 Å². The summed E-state index contributed by atoms with van der Waals surface area (Å²) in [6.45, 7) is 36.9. The monoisotopic (exact) mass is 940 g/mol. The minimum Gasteiger partial charge on any atom is -0.308 e. The summed E-state index contributed by atoms with van der Waals surface area (Å²) in [4.78, 5) is 15.9. The van der Waals surface area contributed by atoms with Crippen LogP contribution in [0.4, 0.5) is 0 Å². The maximum atomic E-state index is 5.42. The Labute approximate surface area is 425 Å². The summed E-state index contributed by atoms with van der Waals surface area (Å²) in [6, 6.07) is 32.3. The average Bonchev–Trinajstić information content (AvgIpc) is 3.96. The molecule has 4 heterocycles. The molecule has 4 aromatic heterocycles. The van der Waals surface area contributed by atoms with Gasteiger partial charge in [-0.3, -0.25) is 4.98 Å². The molecule has 0 bridgehead atoms. The first-order valence-corrected chi connectivity index (χ1v) is 25.5. The quantitative estimate of drug-likeness (QED) is 0.167. The molecule has 0 saturated heterocycles. The first-order valence-electron chi connectivity index (χ1n) is 25.5. The summed E-state index contributed by atoms with van der Waals surface area (Å²) in [5.41, 5.74) is 35.3. The van der Waals surface area contributed by atoms with Crippen molar-refractivity contribution in [3.8, 4) is 56.4 Å². The predicted octanol–water partition coefficient (Wildman–Crippen LogP) is 17.7. The molecular weight excluding hydrogens is 875 g/mol. The third-order valence-corrected chi connectivity index (χ3v) is 17.7. The maximum Gasteiger partial charge on any atom is 0.160 e. The largest absolute Gasteiger partial charge is 0.308 e. The molecule has 0 amide bonds. The Morgan fingerprint density at radius 3 is 1.06 bits per heavy atom. The molecule has 5 nitrogen and oxygen atoms in total. The van der Waals surface area contributed by atoms with Crippen LogP contribution in [-0.2, 0) is 0 Å². The lowest BCUT2D eigenvalue weighted by atomic mass is 9.90. The molecule has 72 heavy (non-hydrogen) atoms. The lowest BCUT2D eigenvalue weighted by Crippen LogP contribution is -2.06. The second-order valence-electron chi connectivity index (χ2n) is 20.9. The standard InChI is InChI=1S/C67H65N5/c1-34-38(5)46(13)63-59(42(34)9)60-43(10)35(2)39(6)47(14)64(60)71(63)57-28-27-52(67-69-55(50-23-19-17-20-24-50)32-56(70-67)51-25-21-18-22-26-51)31-54(57)53-29-30-68-33-58(53)72-65-48(15)40(7)36(3)44(11)61(65)62-45(12)37(4)41(8)49(16)66(62)72/h17-33H,1-16H3. The highest BCUT2D eigenvalue weighted by molar-refractivity contribution is 6.17. The van der Waals surface area contributed by atoms with Gasteiger partial charge < -0.3 is 9.13 Å². The smallest absolute Gasteiger partial charge is 0.160 e. The van der Waals surface area contributed by atoms with Gasteiger partial charge in [-0.05, 0) is 230 Å². The first kappa shape index (κ1) is 46.7. The Bertz CT molecular complexity index is 3910. The van der Waals surface area contributed by atoms with E-state index in [2.05, 4.69) is 217 Å². The van der Waals surface area contributed by atoms with E-state index in [1.165, 1.54) is 133 Å². The van der Waals surface area contributed by atoms with Crippen molar-refractivity contribution >= 4 is 43.6 Å². The zero-order valence-corrected chi connectivity index (χ0v) is 45.1. The number of aryl methyl sites for hydroxylation is 8. The highest BCUT2D eigenvalue weighted by Gasteiger charge is 2.29. The number of benzene rings is 7. The normalized spacial score (nSPS) is 11.9. The molecule has 11 aromatic rings. The van der Waals surface area contributed by atoms with Crippen LogP contribution in [0.25, 0.3) is 100 Å². The van der Waals surface area contributed by atoms with E-state index in [0.717, 1.165) is 50.6 Å². The lowest BCUT2D eigenvalue weighted by Gasteiger charge is -2.22. The van der Waals surface area contributed by atoms with Crippen molar-refractivity contribution in [2.24, 2.45) is 0 Å². The number of aromatic nitrogens is 5. The molecule has 7 aromatic carbocycles. The van der Waals surface area contributed by atoms with Gasteiger partial charge in [0.15, 0.2) is 5.82 Å². The number of fused-ring (bicyclic) bond motifs is 6. The number of hydrogen-bond donors (Lipinski definition) is 0. The van der Waals surface area contributed by atoms with Gasteiger partial charge in [0.25, 0.3) is 0 Å². The third-order valence-electron chi connectivity index (χ3n) is 17.7. The van der Waals surface area contributed by atoms with E-state index in [0.29, 0.717) is 5.82 Å². The molecule has 0 aliphatic rings. The van der Waals surface area contributed by atoms with Crippen LogP contribution in [0.15, 0.2) is 103 Å². The minimum atomic E-state index is 0.671. The van der Waals surface area contributed by atoms with E-state index >= 15 is 0 Å². The van der Waals surface area contributed by atoms with Crippen LogP contribution in [0.1, 0.15) is 89.0 Å². The Kier molecular flexibility index (Phi) is 11.0. The molecule has 0 N–H and O–H groups in total. The van der Waals surface area contributed by atoms with Crippen LogP contribution >= 0.6 is 0 Å². The summed E-state index contributed by atoms with van der Waals surface area (Å²) < 4.78 is 5.19. The van der Waals surface area contributed by atoms with E-state index in [1.54, 1.807) is 0 Å².